The lowest BCUT2D eigenvalue weighted by molar-refractivity contribution is -0.161. The number of esters is 3. The maximum Gasteiger partial charge on any atom is 0.472 e. The summed E-state index contributed by atoms with van der Waals surface area (Å²) >= 11 is 0. The predicted molar refractivity (Wildman–Crippen MR) is 316 cm³/mol. The number of allylic oxidation sites excluding steroid dienone is 6. The average molecular weight is 1100 g/mol. The van der Waals surface area contributed by atoms with Gasteiger partial charge in [0.2, 0.25) is 0 Å². The Balaban J connectivity index is 4.69. The number of hydrogen-bond donors (Lipinski definition) is 2. The first-order valence-corrected chi connectivity index (χ1v) is 33.4. The van der Waals surface area contributed by atoms with Gasteiger partial charge >= 0.3 is 25.7 Å². The number of rotatable bonds is 60. The lowest BCUT2D eigenvalue weighted by Gasteiger charge is -2.21. The van der Waals surface area contributed by atoms with Crippen molar-refractivity contribution in [2.24, 2.45) is 0 Å². The standard InChI is InChI=1S/C64H119O11P/c1-4-7-10-13-16-19-22-25-28-30-33-35-38-41-44-47-50-53-62(66)71-57-61(75-64(68)55-52-49-46-43-40-37-34-31-29-26-23-20-17-14-11-8-5-2)59-73-76(69,70)72-58-60(56-65)74-63(67)54-51-48-45-42-39-36-32-27-24-21-18-15-12-9-6-3/h16,19,25-26,28-29,60-61,65H,4-15,17-18,20-24,27,30-59H2,1-3H3,(H,69,70)/b19-16-,28-25-,29-26-. The van der Waals surface area contributed by atoms with Crippen LogP contribution in [0.15, 0.2) is 36.5 Å². The predicted octanol–water partition coefficient (Wildman–Crippen LogP) is 19.2. The van der Waals surface area contributed by atoms with Gasteiger partial charge in [0.05, 0.1) is 19.8 Å². The van der Waals surface area contributed by atoms with Crippen molar-refractivity contribution in [3.8, 4) is 0 Å². The summed E-state index contributed by atoms with van der Waals surface area (Å²) < 4.78 is 39.7. The second kappa shape index (κ2) is 58.8. The monoisotopic (exact) mass is 1090 g/mol. The van der Waals surface area contributed by atoms with E-state index in [4.69, 9.17) is 23.3 Å². The summed E-state index contributed by atoms with van der Waals surface area (Å²) in [4.78, 5) is 48.7. The molecule has 3 atom stereocenters. The molecule has 2 N–H and O–H groups in total. The van der Waals surface area contributed by atoms with Crippen LogP contribution in [-0.2, 0) is 42.2 Å². The molecule has 0 aliphatic carbocycles. The molecule has 0 rings (SSSR count). The van der Waals surface area contributed by atoms with Gasteiger partial charge in [0, 0.05) is 19.3 Å². The normalized spacial score (nSPS) is 13.5. The van der Waals surface area contributed by atoms with E-state index in [1.165, 1.54) is 180 Å². The third kappa shape index (κ3) is 56.4. The van der Waals surface area contributed by atoms with Crippen LogP contribution in [0.3, 0.4) is 0 Å². The molecule has 0 radical (unpaired) electrons. The largest absolute Gasteiger partial charge is 0.472 e. The van der Waals surface area contributed by atoms with Gasteiger partial charge in [-0.25, -0.2) is 4.57 Å². The fourth-order valence-corrected chi connectivity index (χ4v) is 9.93. The molecule has 0 heterocycles. The van der Waals surface area contributed by atoms with Crippen LogP contribution in [0.2, 0.25) is 0 Å². The van der Waals surface area contributed by atoms with E-state index >= 15 is 0 Å². The Morgan fingerprint density at radius 3 is 1.01 bits per heavy atom. The van der Waals surface area contributed by atoms with Crippen LogP contribution in [0.1, 0.15) is 316 Å². The van der Waals surface area contributed by atoms with Crippen molar-refractivity contribution in [2.45, 2.75) is 328 Å². The molecule has 0 bridgehead atoms. The summed E-state index contributed by atoms with van der Waals surface area (Å²) in [6.07, 6.45) is 62.3. The Kier molecular flexibility index (Phi) is 57.1. The highest BCUT2D eigenvalue weighted by atomic mass is 31.2. The van der Waals surface area contributed by atoms with Gasteiger partial charge in [-0.05, 0) is 77.0 Å². The van der Waals surface area contributed by atoms with Crippen molar-refractivity contribution < 1.29 is 52.2 Å². The van der Waals surface area contributed by atoms with E-state index in [0.717, 1.165) is 77.0 Å². The maximum absolute atomic E-state index is 12.9. The number of carbonyl (C=O) groups is 3. The van der Waals surface area contributed by atoms with Gasteiger partial charge in [0.15, 0.2) is 6.10 Å². The summed E-state index contributed by atoms with van der Waals surface area (Å²) in [7, 11) is -4.75. The molecule has 0 fully saturated rings. The fraction of sp³-hybridized carbons (Fsp3) is 0.859. The molecule has 12 heteroatoms. The highest BCUT2D eigenvalue weighted by Crippen LogP contribution is 2.43. The summed E-state index contributed by atoms with van der Waals surface area (Å²) in [6, 6.07) is 0. The number of phosphoric ester groups is 1. The molecular formula is C64H119O11P. The number of phosphoric acid groups is 1. The number of aliphatic hydroxyl groups is 1. The second-order valence-corrected chi connectivity index (χ2v) is 23.0. The summed E-state index contributed by atoms with van der Waals surface area (Å²) in [6.45, 7) is 4.67. The van der Waals surface area contributed by atoms with Crippen LogP contribution in [0, 0.1) is 0 Å². The Hall–Kier alpha value is -2.30. The highest BCUT2D eigenvalue weighted by molar-refractivity contribution is 7.47. The fourth-order valence-electron chi connectivity index (χ4n) is 9.15. The smallest absolute Gasteiger partial charge is 0.462 e. The Labute approximate surface area is 467 Å². The van der Waals surface area contributed by atoms with Crippen LogP contribution in [0.4, 0.5) is 0 Å². The zero-order chi connectivity index (χ0) is 55.5. The molecule has 11 nitrogen and oxygen atoms in total. The van der Waals surface area contributed by atoms with Gasteiger partial charge in [-0.2, -0.15) is 0 Å². The van der Waals surface area contributed by atoms with Gasteiger partial charge in [-0.15, -0.1) is 0 Å². The molecule has 0 aromatic carbocycles. The van der Waals surface area contributed by atoms with E-state index in [9.17, 15) is 28.9 Å². The topological polar surface area (TPSA) is 155 Å². The number of unbranched alkanes of at least 4 members (excludes halogenated alkanes) is 37. The van der Waals surface area contributed by atoms with Gasteiger partial charge in [-0.1, -0.05) is 256 Å². The zero-order valence-corrected chi connectivity index (χ0v) is 50.4. The van der Waals surface area contributed by atoms with Gasteiger partial charge in [-0.3, -0.25) is 23.4 Å². The number of hydrogen-bond acceptors (Lipinski definition) is 10. The molecule has 76 heavy (non-hydrogen) atoms. The molecule has 0 aromatic heterocycles. The van der Waals surface area contributed by atoms with Crippen molar-refractivity contribution >= 4 is 25.7 Å². The van der Waals surface area contributed by atoms with Crippen LogP contribution < -0.4 is 0 Å². The molecule has 0 aliphatic heterocycles. The van der Waals surface area contributed by atoms with E-state index in [1.807, 2.05) is 0 Å². The average Bonchev–Trinajstić information content (AvgIpc) is 3.41. The minimum atomic E-state index is -4.75. The first-order valence-electron chi connectivity index (χ1n) is 31.9. The van der Waals surface area contributed by atoms with Crippen LogP contribution in [0.5, 0.6) is 0 Å². The number of aliphatic hydroxyl groups excluding tert-OH is 1. The van der Waals surface area contributed by atoms with E-state index in [-0.39, 0.29) is 25.9 Å². The van der Waals surface area contributed by atoms with Crippen LogP contribution >= 0.6 is 7.82 Å². The minimum absolute atomic E-state index is 0.164. The lowest BCUT2D eigenvalue weighted by atomic mass is 10.0. The minimum Gasteiger partial charge on any atom is -0.462 e. The van der Waals surface area contributed by atoms with Crippen molar-refractivity contribution in [3.05, 3.63) is 36.5 Å². The third-order valence-corrected chi connectivity index (χ3v) is 15.0. The first-order chi connectivity index (χ1) is 37.2. The quantitative estimate of drug-likeness (QED) is 0.0197. The lowest BCUT2D eigenvalue weighted by Crippen LogP contribution is -2.30. The molecule has 0 saturated carbocycles. The van der Waals surface area contributed by atoms with Crippen LogP contribution in [0.25, 0.3) is 0 Å². The van der Waals surface area contributed by atoms with Gasteiger partial charge in [0.1, 0.15) is 12.7 Å². The summed E-state index contributed by atoms with van der Waals surface area (Å²) in [5.74, 6) is -1.45. The van der Waals surface area contributed by atoms with E-state index in [0.29, 0.717) is 19.3 Å². The van der Waals surface area contributed by atoms with Crippen molar-refractivity contribution in [3.63, 3.8) is 0 Å². The zero-order valence-electron chi connectivity index (χ0n) is 49.5. The molecule has 0 spiro atoms. The van der Waals surface area contributed by atoms with Crippen molar-refractivity contribution in [2.75, 3.05) is 26.4 Å². The highest BCUT2D eigenvalue weighted by Gasteiger charge is 2.28. The van der Waals surface area contributed by atoms with E-state index < -0.39 is 57.8 Å². The maximum atomic E-state index is 12.9. The first kappa shape index (κ1) is 73.7. The van der Waals surface area contributed by atoms with E-state index in [2.05, 4.69) is 57.2 Å². The number of ether oxygens (including phenoxy) is 3. The van der Waals surface area contributed by atoms with Crippen molar-refractivity contribution in [1.29, 1.82) is 0 Å². The molecule has 0 amide bonds. The summed E-state index contributed by atoms with van der Waals surface area (Å²) in [5.41, 5.74) is 0. The Morgan fingerprint density at radius 1 is 0.368 bits per heavy atom. The molecule has 446 valence electrons. The third-order valence-electron chi connectivity index (χ3n) is 14.0. The Bertz CT molecular complexity index is 1420. The molecule has 3 unspecified atom stereocenters. The Morgan fingerprint density at radius 2 is 0.645 bits per heavy atom. The van der Waals surface area contributed by atoms with Crippen LogP contribution in [-0.4, -0.2) is 66.5 Å². The van der Waals surface area contributed by atoms with Crippen molar-refractivity contribution in [1.82, 2.24) is 0 Å². The molecule has 0 saturated heterocycles. The van der Waals surface area contributed by atoms with Gasteiger partial charge in [0.25, 0.3) is 0 Å². The van der Waals surface area contributed by atoms with Gasteiger partial charge < -0.3 is 24.2 Å². The molecule has 0 aliphatic rings. The molecule has 0 aromatic rings. The second-order valence-electron chi connectivity index (χ2n) is 21.6. The van der Waals surface area contributed by atoms with E-state index in [1.54, 1.807) is 0 Å². The summed E-state index contributed by atoms with van der Waals surface area (Å²) in [5, 5.41) is 9.84. The SMILES string of the molecule is CCCCC/C=C\C/C=C\CCCCCCCCCC(=O)OCC(COP(=O)(O)OCC(CO)OC(=O)CCCCCCCCCCCCCCCCC)OC(=O)CCCCCCCCC/C=C\CCCCCCCC. The number of carbonyl (C=O) groups excluding carboxylic acids is 3. The molecular weight excluding hydrogens is 976 g/mol.